The van der Waals surface area contributed by atoms with Crippen molar-refractivity contribution in [3.63, 3.8) is 0 Å². The highest BCUT2D eigenvalue weighted by molar-refractivity contribution is 5.77. The van der Waals surface area contributed by atoms with Crippen molar-refractivity contribution in [2.24, 2.45) is 5.73 Å². The standard InChI is InChI=1S/C13H18F2N2O3/c1-3-19-11-6-9(8-17(2)12(18)7-16)4-5-10(11)20-13(14)15/h4-6,13H,3,7-8,16H2,1-2H3. The van der Waals surface area contributed by atoms with Gasteiger partial charge in [0, 0.05) is 13.6 Å². The molecule has 0 heterocycles. The van der Waals surface area contributed by atoms with Gasteiger partial charge in [0.2, 0.25) is 5.91 Å². The first-order valence-electron chi connectivity index (χ1n) is 6.12. The highest BCUT2D eigenvalue weighted by Crippen LogP contribution is 2.30. The van der Waals surface area contributed by atoms with Crippen LogP contribution in [0.2, 0.25) is 0 Å². The van der Waals surface area contributed by atoms with Gasteiger partial charge >= 0.3 is 6.61 Å². The average Bonchev–Trinajstić information content (AvgIpc) is 2.40. The molecule has 0 aliphatic heterocycles. The summed E-state index contributed by atoms with van der Waals surface area (Å²) in [5.74, 6) is -0.0202. The van der Waals surface area contributed by atoms with Crippen molar-refractivity contribution < 1.29 is 23.0 Å². The van der Waals surface area contributed by atoms with Gasteiger partial charge in [0.25, 0.3) is 0 Å². The number of likely N-dealkylation sites (N-methyl/N-ethyl adjacent to an activating group) is 1. The fourth-order valence-corrected chi connectivity index (χ4v) is 1.63. The zero-order valence-corrected chi connectivity index (χ0v) is 11.4. The summed E-state index contributed by atoms with van der Waals surface area (Å²) in [4.78, 5) is 12.8. The number of carbonyl (C=O) groups excluding carboxylic acids is 1. The highest BCUT2D eigenvalue weighted by Gasteiger charge is 2.13. The van der Waals surface area contributed by atoms with Crippen LogP contribution in [0.25, 0.3) is 0 Å². The number of amides is 1. The lowest BCUT2D eigenvalue weighted by Crippen LogP contribution is -2.32. The first-order chi connectivity index (χ1) is 9.47. The van der Waals surface area contributed by atoms with Crippen molar-refractivity contribution in [3.8, 4) is 11.5 Å². The Balaban J connectivity index is 2.89. The van der Waals surface area contributed by atoms with Crippen LogP contribution in [-0.4, -0.2) is 37.6 Å². The van der Waals surface area contributed by atoms with E-state index in [2.05, 4.69) is 4.74 Å². The van der Waals surface area contributed by atoms with E-state index in [0.717, 1.165) is 5.56 Å². The number of ether oxygens (including phenoxy) is 2. The normalized spacial score (nSPS) is 10.5. The highest BCUT2D eigenvalue weighted by atomic mass is 19.3. The number of nitrogens with two attached hydrogens (primary N) is 1. The molecule has 0 spiro atoms. The van der Waals surface area contributed by atoms with Crippen molar-refractivity contribution in [3.05, 3.63) is 23.8 Å². The molecular weight excluding hydrogens is 270 g/mol. The maximum absolute atomic E-state index is 12.3. The number of carbonyl (C=O) groups is 1. The smallest absolute Gasteiger partial charge is 0.387 e. The van der Waals surface area contributed by atoms with Crippen LogP contribution in [0, 0.1) is 0 Å². The number of hydrogen-bond donors (Lipinski definition) is 1. The van der Waals surface area contributed by atoms with Crippen LogP contribution in [0.1, 0.15) is 12.5 Å². The largest absolute Gasteiger partial charge is 0.490 e. The molecule has 0 aromatic heterocycles. The lowest BCUT2D eigenvalue weighted by molar-refractivity contribution is -0.128. The number of rotatable bonds is 7. The molecule has 0 radical (unpaired) electrons. The molecule has 0 aliphatic rings. The summed E-state index contributed by atoms with van der Waals surface area (Å²) >= 11 is 0. The van der Waals surface area contributed by atoms with Crippen LogP contribution in [-0.2, 0) is 11.3 Å². The molecule has 2 N–H and O–H groups in total. The van der Waals surface area contributed by atoms with Gasteiger partial charge in [-0.1, -0.05) is 6.07 Å². The molecule has 1 aromatic rings. The summed E-state index contributed by atoms with van der Waals surface area (Å²) in [6.07, 6.45) is 0. The van der Waals surface area contributed by atoms with Crippen molar-refractivity contribution in [1.29, 1.82) is 0 Å². The number of alkyl halides is 2. The minimum atomic E-state index is -2.92. The second-order valence-electron chi connectivity index (χ2n) is 4.05. The molecule has 0 saturated carbocycles. The molecule has 1 aromatic carbocycles. The third-order valence-electron chi connectivity index (χ3n) is 2.54. The topological polar surface area (TPSA) is 64.8 Å². The van der Waals surface area contributed by atoms with E-state index in [1.54, 1.807) is 26.1 Å². The van der Waals surface area contributed by atoms with Crippen molar-refractivity contribution in [2.75, 3.05) is 20.2 Å². The van der Waals surface area contributed by atoms with Crippen LogP contribution >= 0.6 is 0 Å². The molecule has 0 saturated heterocycles. The Morgan fingerprint density at radius 3 is 2.65 bits per heavy atom. The van der Waals surface area contributed by atoms with Gasteiger partial charge < -0.3 is 20.1 Å². The molecule has 1 amide bonds. The van der Waals surface area contributed by atoms with E-state index in [1.165, 1.54) is 11.0 Å². The van der Waals surface area contributed by atoms with Gasteiger partial charge in [-0.2, -0.15) is 8.78 Å². The van der Waals surface area contributed by atoms with E-state index < -0.39 is 6.61 Å². The Kier molecular flexibility index (Phi) is 6.17. The van der Waals surface area contributed by atoms with E-state index in [-0.39, 0.29) is 24.0 Å². The first kappa shape index (κ1) is 16.2. The van der Waals surface area contributed by atoms with E-state index >= 15 is 0 Å². The summed E-state index contributed by atoms with van der Waals surface area (Å²) in [6.45, 7) is -0.628. The lowest BCUT2D eigenvalue weighted by Gasteiger charge is -2.18. The fraction of sp³-hybridized carbons (Fsp3) is 0.462. The van der Waals surface area contributed by atoms with Gasteiger partial charge in [-0.3, -0.25) is 4.79 Å². The van der Waals surface area contributed by atoms with Gasteiger partial charge in [-0.25, -0.2) is 0 Å². The second-order valence-corrected chi connectivity index (χ2v) is 4.05. The van der Waals surface area contributed by atoms with Crippen LogP contribution in [0.3, 0.4) is 0 Å². The Morgan fingerprint density at radius 2 is 2.10 bits per heavy atom. The minimum absolute atomic E-state index is 0.0293. The molecule has 0 aliphatic carbocycles. The average molecular weight is 288 g/mol. The second kappa shape index (κ2) is 7.64. The summed E-state index contributed by atoms with van der Waals surface area (Å²) in [7, 11) is 1.61. The Labute approximate surface area is 116 Å². The van der Waals surface area contributed by atoms with E-state index in [9.17, 15) is 13.6 Å². The summed E-state index contributed by atoms with van der Waals surface area (Å²) in [5.41, 5.74) is 6.00. The van der Waals surface area contributed by atoms with Crippen molar-refractivity contribution in [1.82, 2.24) is 4.90 Å². The van der Waals surface area contributed by atoms with Crippen LogP contribution < -0.4 is 15.2 Å². The van der Waals surface area contributed by atoms with E-state index in [0.29, 0.717) is 13.2 Å². The maximum Gasteiger partial charge on any atom is 0.387 e. The number of hydrogen-bond acceptors (Lipinski definition) is 4. The number of halogens is 2. The molecule has 0 bridgehead atoms. The molecule has 112 valence electrons. The number of benzene rings is 1. The first-order valence-corrected chi connectivity index (χ1v) is 6.12. The molecular formula is C13H18F2N2O3. The predicted molar refractivity (Wildman–Crippen MR) is 69.8 cm³/mol. The molecule has 20 heavy (non-hydrogen) atoms. The molecule has 7 heteroatoms. The molecule has 0 unspecified atom stereocenters. The summed E-state index contributed by atoms with van der Waals surface area (Å²) in [5, 5.41) is 0. The minimum Gasteiger partial charge on any atom is -0.490 e. The zero-order valence-electron chi connectivity index (χ0n) is 11.4. The summed E-state index contributed by atoms with van der Waals surface area (Å²) < 4.78 is 34.1. The molecule has 0 atom stereocenters. The monoisotopic (exact) mass is 288 g/mol. The zero-order chi connectivity index (χ0) is 15.1. The van der Waals surface area contributed by atoms with Crippen LogP contribution in [0.15, 0.2) is 18.2 Å². The van der Waals surface area contributed by atoms with Crippen molar-refractivity contribution in [2.45, 2.75) is 20.1 Å². The van der Waals surface area contributed by atoms with E-state index in [4.69, 9.17) is 10.5 Å². The van der Waals surface area contributed by atoms with Gasteiger partial charge in [0.05, 0.1) is 13.2 Å². The van der Waals surface area contributed by atoms with Gasteiger partial charge in [0.15, 0.2) is 11.5 Å². The SMILES string of the molecule is CCOc1cc(CN(C)C(=O)CN)ccc1OC(F)F. The van der Waals surface area contributed by atoms with Crippen LogP contribution in [0.4, 0.5) is 8.78 Å². The number of nitrogens with zero attached hydrogens (tertiary/aromatic N) is 1. The predicted octanol–water partition coefficient (Wildman–Crippen LogP) is 1.60. The lowest BCUT2D eigenvalue weighted by atomic mass is 10.2. The third-order valence-corrected chi connectivity index (χ3v) is 2.54. The fourth-order valence-electron chi connectivity index (χ4n) is 1.63. The van der Waals surface area contributed by atoms with E-state index in [1.807, 2.05) is 0 Å². The third kappa shape index (κ3) is 4.65. The molecule has 0 fully saturated rings. The Morgan fingerprint density at radius 1 is 1.40 bits per heavy atom. The van der Waals surface area contributed by atoms with Crippen LogP contribution in [0.5, 0.6) is 11.5 Å². The van der Waals surface area contributed by atoms with Gasteiger partial charge in [0.1, 0.15) is 0 Å². The molecule has 5 nitrogen and oxygen atoms in total. The van der Waals surface area contributed by atoms with Crippen molar-refractivity contribution >= 4 is 5.91 Å². The summed E-state index contributed by atoms with van der Waals surface area (Å²) in [6, 6.07) is 4.56. The molecule has 1 rings (SSSR count). The quantitative estimate of drug-likeness (QED) is 0.827. The Hall–Kier alpha value is -1.89. The maximum atomic E-state index is 12.3. The van der Waals surface area contributed by atoms with Gasteiger partial charge in [-0.15, -0.1) is 0 Å². The Bertz CT molecular complexity index is 455. The van der Waals surface area contributed by atoms with Gasteiger partial charge in [-0.05, 0) is 24.6 Å².